The van der Waals surface area contributed by atoms with Crippen LogP contribution in [0.15, 0.2) is 23.0 Å². The number of H-pyrrole nitrogens is 1. The number of benzene rings is 1. The van der Waals surface area contributed by atoms with Crippen LogP contribution < -0.4 is 11.0 Å². The fourth-order valence-electron chi connectivity index (χ4n) is 3.33. The van der Waals surface area contributed by atoms with Gasteiger partial charge in [-0.3, -0.25) is 9.36 Å². The minimum atomic E-state index is -0.200. The molecule has 1 unspecified atom stereocenters. The van der Waals surface area contributed by atoms with Crippen molar-refractivity contribution in [3.63, 3.8) is 0 Å². The summed E-state index contributed by atoms with van der Waals surface area (Å²) in [6, 6.07) is 5.21. The Morgan fingerprint density at radius 1 is 1.26 bits per heavy atom. The zero-order valence-corrected chi connectivity index (χ0v) is 12.7. The highest BCUT2D eigenvalue weighted by Crippen LogP contribution is 2.18. The van der Waals surface area contributed by atoms with Crippen LogP contribution in [0.1, 0.15) is 10.4 Å². The van der Waals surface area contributed by atoms with Gasteiger partial charge < -0.3 is 20.1 Å². The second-order valence-electron chi connectivity index (χ2n) is 6.01. The molecule has 1 aromatic carbocycles. The Hall–Kier alpha value is -2.77. The summed E-state index contributed by atoms with van der Waals surface area (Å²) in [4.78, 5) is 42.3. The molecule has 0 aliphatic carbocycles. The standard InChI is InChI=1S/C15H17N5O3/c1-18-12-6-9(2-3-11(12)17-15(18)23)13(21)19-4-5-20-10(8-19)7-16-14(20)22/h2-3,6,10H,4-5,7-8H2,1H3,(H,16,22)(H,17,23). The van der Waals surface area contributed by atoms with Crippen molar-refractivity contribution in [2.75, 3.05) is 26.2 Å². The summed E-state index contributed by atoms with van der Waals surface area (Å²) in [5.74, 6) is -0.0699. The molecule has 3 amide bonds. The zero-order valence-electron chi connectivity index (χ0n) is 12.7. The molecule has 8 heteroatoms. The molecular formula is C15H17N5O3. The van der Waals surface area contributed by atoms with Crippen molar-refractivity contribution >= 4 is 23.0 Å². The molecule has 2 saturated heterocycles. The van der Waals surface area contributed by atoms with E-state index in [9.17, 15) is 14.4 Å². The third-order valence-corrected chi connectivity index (χ3v) is 4.67. The van der Waals surface area contributed by atoms with Gasteiger partial charge in [0.25, 0.3) is 5.91 Å². The van der Waals surface area contributed by atoms with Gasteiger partial charge in [-0.05, 0) is 18.2 Å². The van der Waals surface area contributed by atoms with Crippen LogP contribution in [0.2, 0.25) is 0 Å². The van der Waals surface area contributed by atoms with Gasteiger partial charge in [-0.25, -0.2) is 9.59 Å². The molecule has 2 aliphatic heterocycles. The van der Waals surface area contributed by atoms with Crippen LogP contribution in [0, 0.1) is 0 Å². The fraction of sp³-hybridized carbons (Fsp3) is 0.400. The van der Waals surface area contributed by atoms with Gasteiger partial charge >= 0.3 is 11.7 Å². The largest absolute Gasteiger partial charge is 0.336 e. The molecule has 8 nitrogen and oxygen atoms in total. The Kier molecular flexibility index (Phi) is 2.93. The van der Waals surface area contributed by atoms with E-state index in [-0.39, 0.29) is 23.7 Å². The van der Waals surface area contributed by atoms with E-state index >= 15 is 0 Å². The molecule has 3 heterocycles. The van der Waals surface area contributed by atoms with E-state index in [1.807, 2.05) is 0 Å². The molecule has 1 atom stereocenters. The summed E-state index contributed by atoms with van der Waals surface area (Å²) in [5, 5.41) is 2.80. The minimum absolute atomic E-state index is 0.0422. The van der Waals surface area contributed by atoms with Crippen molar-refractivity contribution in [3.05, 3.63) is 34.2 Å². The SMILES string of the molecule is Cn1c(=O)[nH]c2ccc(C(=O)N3CCN4C(=O)NCC4C3)cc21. The number of carbonyl (C=O) groups excluding carboxylic acids is 2. The molecule has 2 aromatic rings. The second kappa shape index (κ2) is 4.87. The first-order valence-corrected chi connectivity index (χ1v) is 7.57. The number of urea groups is 1. The number of hydrogen-bond donors (Lipinski definition) is 2. The molecule has 0 bridgehead atoms. The molecule has 2 fully saturated rings. The van der Waals surface area contributed by atoms with Gasteiger partial charge in [0.1, 0.15) is 0 Å². The Balaban J connectivity index is 1.61. The number of aryl methyl sites for hydroxylation is 1. The number of hydrogen-bond acceptors (Lipinski definition) is 3. The number of aromatic nitrogens is 2. The van der Waals surface area contributed by atoms with Crippen molar-refractivity contribution in [3.8, 4) is 0 Å². The molecular weight excluding hydrogens is 298 g/mol. The zero-order chi connectivity index (χ0) is 16.1. The molecule has 0 spiro atoms. The molecule has 0 saturated carbocycles. The smallest absolute Gasteiger partial charge is 0.326 e. The van der Waals surface area contributed by atoms with Crippen molar-refractivity contribution in [1.82, 2.24) is 24.7 Å². The minimum Gasteiger partial charge on any atom is -0.336 e. The average Bonchev–Trinajstić information content (AvgIpc) is 3.07. The first kappa shape index (κ1) is 13.9. The number of rotatable bonds is 1. The van der Waals surface area contributed by atoms with E-state index in [2.05, 4.69) is 10.3 Å². The van der Waals surface area contributed by atoms with Crippen molar-refractivity contribution < 1.29 is 9.59 Å². The highest BCUT2D eigenvalue weighted by Gasteiger charge is 2.37. The average molecular weight is 315 g/mol. The van der Waals surface area contributed by atoms with E-state index in [1.165, 1.54) is 4.57 Å². The Morgan fingerprint density at radius 3 is 2.91 bits per heavy atom. The lowest BCUT2D eigenvalue weighted by Gasteiger charge is -2.36. The second-order valence-corrected chi connectivity index (χ2v) is 6.01. The van der Waals surface area contributed by atoms with Crippen LogP contribution in [0.3, 0.4) is 0 Å². The van der Waals surface area contributed by atoms with Crippen LogP contribution >= 0.6 is 0 Å². The Bertz CT molecular complexity index is 868. The number of aromatic amines is 1. The van der Waals surface area contributed by atoms with E-state index in [4.69, 9.17) is 0 Å². The van der Waals surface area contributed by atoms with Gasteiger partial charge in [-0.1, -0.05) is 0 Å². The Labute approximate surface area is 131 Å². The lowest BCUT2D eigenvalue weighted by atomic mass is 10.1. The van der Waals surface area contributed by atoms with Crippen LogP contribution in [0.4, 0.5) is 4.79 Å². The molecule has 2 N–H and O–H groups in total. The number of fused-ring (bicyclic) bond motifs is 2. The van der Waals surface area contributed by atoms with Gasteiger partial charge in [0.2, 0.25) is 0 Å². The summed E-state index contributed by atoms with van der Waals surface area (Å²) in [6.45, 7) is 2.18. The summed E-state index contributed by atoms with van der Waals surface area (Å²) in [6.07, 6.45) is 0. The van der Waals surface area contributed by atoms with E-state index in [1.54, 1.807) is 35.0 Å². The van der Waals surface area contributed by atoms with Gasteiger partial charge in [-0.15, -0.1) is 0 Å². The number of amides is 3. The van der Waals surface area contributed by atoms with E-state index < -0.39 is 0 Å². The predicted octanol–water partition coefficient (Wildman–Crippen LogP) is -0.284. The van der Waals surface area contributed by atoms with Crippen LogP contribution in [0.5, 0.6) is 0 Å². The van der Waals surface area contributed by atoms with Crippen molar-refractivity contribution in [1.29, 1.82) is 0 Å². The summed E-state index contributed by atoms with van der Waals surface area (Å²) in [5.41, 5.74) is 1.77. The number of nitrogens with one attached hydrogen (secondary N) is 2. The molecule has 23 heavy (non-hydrogen) atoms. The maximum absolute atomic E-state index is 12.7. The number of piperazine rings is 1. The van der Waals surface area contributed by atoms with Gasteiger partial charge in [0.15, 0.2) is 0 Å². The molecule has 120 valence electrons. The normalized spacial score (nSPS) is 20.7. The monoisotopic (exact) mass is 315 g/mol. The summed E-state index contributed by atoms with van der Waals surface area (Å²) in [7, 11) is 1.67. The van der Waals surface area contributed by atoms with Crippen LogP contribution in [0.25, 0.3) is 11.0 Å². The molecule has 2 aliphatic rings. The number of nitrogens with zero attached hydrogens (tertiary/aromatic N) is 3. The molecule has 4 rings (SSSR count). The lowest BCUT2D eigenvalue weighted by Crippen LogP contribution is -2.53. The van der Waals surface area contributed by atoms with Gasteiger partial charge in [-0.2, -0.15) is 0 Å². The topological polar surface area (TPSA) is 90.4 Å². The van der Waals surface area contributed by atoms with Crippen LogP contribution in [-0.4, -0.2) is 63.5 Å². The maximum Gasteiger partial charge on any atom is 0.326 e. The van der Waals surface area contributed by atoms with E-state index in [0.717, 1.165) is 0 Å². The summed E-state index contributed by atoms with van der Waals surface area (Å²) < 4.78 is 1.49. The summed E-state index contributed by atoms with van der Waals surface area (Å²) >= 11 is 0. The third-order valence-electron chi connectivity index (χ3n) is 4.67. The van der Waals surface area contributed by atoms with Crippen LogP contribution in [-0.2, 0) is 7.05 Å². The molecule has 0 radical (unpaired) electrons. The lowest BCUT2D eigenvalue weighted by molar-refractivity contribution is 0.0617. The third kappa shape index (κ3) is 2.09. The van der Waals surface area contributed by atoms with Crippen molar-refractivity contribution in [2.24, 2.45) is 7.05 Å². The Morgan fingerprint density at radius 2 is 2.09 bits per heavy atom. The predicted molar refractivity (Wildman–Crippen MR) is 83.3 cm³/mol. The van der Waals surface area contributed by atoms with E-state index in [0.29, 0.717) is 42.8 Å². The molecule has 1 aromatic heterocycles. The first-order chi connectivity index (χ1) is 11.0. The highest BCUT2D eigenvalue weighted by molar-refractivity contribution is 5.97. The number of imidazole rings is 1. The van der Waals surface area contributed by atoms with Crippen molar-refractivity contribution in [2.45, 2.75) is 6.04 Å². The first-order valence-electron chi connectivity index (χ1n) is 7.57. The quantitative estimate of drug-likeness (QED) is 0.758. The van der Waals surface area contributed by atoms with Gasteiger partial charge in [0.05, 0.1) is 17.1 Å². The van der Waals surface area contributed by atoms with Gasteiger partial charge in [0, 0.05) is 38.8 Å². The fourth-order valence-corrected chi connectivity index (χ4v) is 3.33. The highest BCUT2D eigenvalue weighted by atomic mass is 16.2. The number of carbonyl (C=O) groups is 2. The maximum atomic E-state index is 12.7.